The first-order valence-corrected chi connectivity index (χ1v) is 12.9. The average Bonchev–Trinajstić information content (AvgIpc) is 3.11. The summed E-state index contributed by atoms with van der Waals surface area (Å²) in [5, 5.41) is 11.9. The van der Waals surface area contributed by atoms with Crippen LogP contribution in [0.2, 0.25) is 15.1 Å². The van der Waals surface area contributed by atoms with Crippen molar-refractivity contribution >= 4 is 68.0 Å². The van der Waals surface area contributed by atoms with E-state index in [4.69, 9.17) is 34.8 Å². The van der Waals surface area contributed by atoms with E-state index in [9.17, 15) is 13.2 Å². The molecule has 0 atom stereocenters. The maximum atomic E-state index is 12.7. The predicted octanol–water partition coefficient (Wildman–Crippen LogP) is 5.13. The van der Waals surface area contributed by atoms with Gasteiger partial charge in [0.25, 0.3) is 0 Å². The van der Waals surface area contributed by atoms with Gasteiger partial charge in [-0.25, -0.2) is 8.42 Å². The highest BCUT2D eigenvalue weighted by atomic mass is 35.5. The summed E-state index contributed by atoms with van der Waals surface area (Å²) < 4.78 is 27.0. The van der Waals surface area contributed by atoms with Crippen LogP contribution in [0.3, 0.4) is 0 Å². The molecule has 0 aliphatic heterocycles. The smallest absolute Gasteiger partial charge is 0.234 e. The van der Waals surface area contributed by atoms with Gasteiger partial charge in [-0.1, -0.05) is 70.8 Å². The van der Waals surface area contributed by atoms with Crippen LogP contribution in [-0.4, -0.2) is 34.8 Å². The molecule has 7 nitrogen and oxygen atoms in total. The van der Waals surface area contributed by atoms with Gasteiger partial charge in [-0.15, -0.1) is 16.8 Å². The SMILES string of the molecule is C=CCn1c(CS(=O)(=O)c2ccccc2)nnc1SCC(=O)Nc1c(Cl)cc(Cl)cc1Cl. The molecule has 1 aromatic heterocycles. The van der Waals surface area contributed by atoms with Crippen molar-refractivity contribution in [3.05, 3.63) is 76.0 Å². The number of nitrogens with one attached hydrogen (secondary N) is 1. The van der Waals surface area contributed by atoms with Gasteiger partial charge in [-0.3, -0.25) is 4.79 Å². The fraction of sp³-hybridized carbons (Fsp3) is 0.150. The molecule has 0 unspecified atom stereocenters. The Kier molecular flexibility index (Phi) is 8.24. The minimum Gasteiger partial charge on any atom is -0.323 e. The third-order valence-electron chi connectivity index (χ3n) is 4.13. The van der Waals surface area contributed by atoms with Gasteiger partial charge < -0.3 is 9.88 Å². The van der Waals surface area contributed by atoms with Crippen LogP contribution < -0.4 is 5.32 Å². The number of benzene rings is 2. The van der Waals surface area contributed by atoms with Crippen LogP contribution in [-0.2, 0) is 26.9 Å². The summed E-state index contributed by atoms with van der Waals surface area (Å²) in [4.78, 5) is 12.6. The summed E-state index contributed by atoms with van der Waals surface area (Å²) in [5.41, 5.74) is 0.255. The lowest BCUT2D eigenvalue weighted by atomic mass is 10.3. The monoisotopic (exact) mass is 530 g/mol. The molecule has 32 heavy (non-hydrogen) atoms. The number of aromatic nitrogens is 3. The summed E-state index contributed by atoms with van der Waals surface area (Å²) in [6.45, 7) is 3.98. The summed E-state index contributed by atoms with van der Waals surface area (Å²) in [5.74, 6) is -0.496. The Hall–Kier alpha value is -2.04. The highest BCUT2D eigenvalue weighted by Gasteiger charge is 2.22. The predicted molar refractivity (Wildman–Crippen MR) is 128 cm³/mol. The standard InChI is InChI=1S/C20H17Cl3N4O3S2/c1-2-8-27-17(12-32(29,30)14-6-4-3-5-7-14)25-26-20(27)31-11-18(28)24-19-15(22)9-13(21)10-16(19)23/h2-7,9-10H,1,8,11-12H2,(H,24,28). The van der Waals surface area contributed by atoms with E-state index in [-0.39, 0.29) is 50.4 Å². The molecule has 0 fully saturated rings. The van der Waals surface area contributed by atoms with E-state index in [1.807, 2.05) is 0 Å². The molecule has 0 spiro atoms. The van der Waals surface area contributed by atoms with E-state index in [2.05, 4.69) is 22.1 Å². The molecule has 0 bridgehead atoms. The molecule has 1 heterocycles. The zero-order valence-corrected chi connectivity index (χ0v) is 20.4. The first-order chi connectivity index (χ1) is 15.2. The third-order valence-corrected chi connectivity index (χ3v) is 7.54. The Morgan fingerprint density at radius 1 is 1.12 bits per heavy atom. The molecule has 1 N–H and O–H groups in total. The number of sulfone groups is 1. The number of nitrogens with zero attached hydrogens (tertiary/aromatic N) is 3. The highest BCUT2D eigenvalue weighted by Crippen LogP contribution is 2.34. The second-order valence-corrected chi connectivity index (χ2v) is 10.6. The van der Waals surface area contributed by atoms with Crippen molar-refractivity contribution in [2.45, 2.75) is 22.3 Å². The Morgan fingerprint density at radius 3 is 2.41 bits per heavy atom. The molecule has 12 heteroatoms. The van der Waals surface area contributed by atoms with Gasteiger partial charge in [0.05, 0.1) is 26.4 Å². The van der Waals surface area contributed by atoms with E-state index < -0.39 is 9.84 Å². The van der Waals surface area contributed by atoms with Crippen LogP contribution >= 0.6 is 46.6 Å². The fourth-order valence-electron chi connectivity index (χ4n) is 2.69. The molecular formula is C20H17Cl3N4O3S2. The lowest BCUT2D eigenvalue weighted by Crippen LogP contribution is -2.16. The molecule has 0 saturated carbocycles. The second kappa shape index (κ2) is 10.7. The number of carbonyl (C=O) groups excluding carboxylic acids is 1. The van der Waals surface area contributed by atoms with Gasteiger partial charge in [0, 0.05) is 11.6 Å². The zero-order valence-electron chi connectivity index (χ0n) is 16.5. The molecule has 0 radical (unpaired) electrons. The van der Waals surface area contributed by atoms with Crippen LogP contribution in [0.4, 0.5) is 5.69 Å². The van der Waals surface area contributed by atoms with Crippen molar-refractivity contribution in [2.24, 2.45) is 0 Å². The summed E-state index contributed by atoms with van der Waals surface area (Å²) in [7, 11) is -3.61. The van der Waals surface area contributed by atoms with E-state index in [1.165, 1.54) is 24.3 Å². The Morgan fingerprint density at radius 2 is 1.78 bits per heavy atom. The van der Waals surface area contributed by atoms with Crippen LogP contribution in [0.25, 0.3) is 0 Å². The molecule has 0 aliphatic carbocycles. The van der Waals surface area contributed by atoms with Crippen LogP contribution in [0.15, 0.2) is 65.2 Å². The van der Waals surface area contributed by atoms with Crippen molar-refractivity contribution in [3.63, 3.8) is 0 Å². The molecule has 0 saturated heterocycles. The number of carbonyl (C=O) groups is 1. The van der Waals surface area contributed by atoms with E-state index >= 15 is 0 Å². The molecule has 1 amide bonds. The number of halogens is 3. The maximum Gasteiger partial charge on any atom is 0.234 e. The number of allylic oxidation sites excluding steroid dienone is 1. The molecular weight excluding hydrogens is 515 g/mol. The topological polar surface area (TPSA) is 93.9 Å². The summed E-state index contributed by atoms with van der Waals surface area (Å²) in [6, 6.07) is 11.0. The first-order valence-electron chi connectivity index (χ1n) is 9.09. The van der Waals surface area contributed by atoms with Crippen LogP contribution in [0.5, 0.6) is 0 Å². The first kappa shape index (κ1) is 24.6. The summed E-state index contributed by atoms with van der Waals surface area (Å²) in [6.07, 6.45) is 1.60. The van der Waals surface area contributed by atoms with Gasteiger partial charge in [0.1, 0.15) is 11.6 Å². The van der Waals surface area contributed by atoms with Crippen molar-refractivity contribution in [1.82, 2.24) is 14.8 Å². The van der Waals surface area contributed by atoms with Gasteiger partial charge in [0.15, 0.2) is 15.0 Å². The highest BCUT2D eigenvalue weighted by molar-refractivity contribution is 7.99. The van der Waals surface area contributed by atoms with Gasteiger partial charge in [0.2, 0.25) is 5.91 Å². The molecule has 3 aromatic rings. The minimum absolute atomic E-state index is 0.0318. The van der Waals surface area contributed by atoms with Crippen molar-refractivity contribution in [1.29, 1.82) is 0 Å². The van der Waals surface area contributed by atoms with Crippen molar-refractivity contribution in [3.8, 4) is 0 Å². The van der Waals surface area contributed by atoms with Gasteiger partial charge in [-0.2, -0.15) is 0 Å². The van der Waals surface area contributed by atoms with Crippen molar-refractivity contribution in [2.75, 3.05) is 11.1 Å². The molecule has 3 rings (SSSR count). The Labute approximate surface area is 204 Å². The number of hydrogen-bond donors (Lipinski definition) is 1. The summed E-state index contributed by atoms with van der Waals surface area (Å²) >= 11 is 19.2. The molecule has 168 valence electrons. The zero-order chi connectivity index (χ0) is 23.3. The molecule has 0 aliphatic rings. The van der Waals surface area contributed by atoms with Crippen LogP contribution in [0, 0.1) is 0 Å². The normalized spacial score (nSPS) is 11.3. The number of hydrogen-bond acceptors (Lipinski definition) is 6. The lowest BCUT2D eigenvalue weighted by molar-refractivity contribution is -0.113. The van der Waals surface area contributed by atoms with Gasteiger partial charge in [-0.05, 0) is 24.3 Å². The number of rotatable bonds is 9. The molecule has 2 aromatic carbocycles. The van der Waals surface area contributed by atoms with E-state index in [0.717, 1.165) is 11.8 Å². The van der Waals surface area contributed by atoms with Gasteiger partial charge >= 0.3 is 0 Å². The lowest BCUT2D eigenvalue weighted by Gasteiger charge is -2.10. The fourth-order valence-corrected chi connectivity index (χ4v) is 5.66. The Bertz CT molecular complexity index is 1230. The number of amides is 1. The quantitative estimate of drug-likeness (QED) is 0.304. The van der Waals surface area contributed by atoms with Crippen molar-refractivity contribution < 1.29 is 13.2 Å². The third kappa shape index (κ3) is 6.05. The van der Waals surface area contributed by atoms with E-state index in [0.29, 0.717) is 10.2 Å². The number of anilines is 1. The Balaban J connectivity index is 1.73. The largest absolute Gasteiger partial charge is 0.323 e. The minimum atomic E-state index is -3.61. The van der Waals surface area contributed by atoms with E-state index in [1.54, 1.807) is 28.8 Å². The average molecular weight is 532 g/mol. The second-order valence-electron chi connectivity index (χ2n) is 6.45. The number of thioether (sulfide) groups is 1. The maximum absolute atomic E-state index is 12.7. The van der Waals surface area contributed by atoms with Crippen LogP contribution in [0.1, 0.15) is 5.82 Å².